The van der Waals surface area contributed by atoms with E-state index in [1.807, 2.05) is 23.9 Å². The molecule has 1 aromatic rings. The second-order valence-corrected chi connectivity index (χ2v) is 5.63. The fraction of sp³-hybridized carbons (Fsp3) is 0.571. The summed E-state index contributed by atoms with van der Waals surface area (Å²) in [6.45, 7) is 5.43. The summed E-state index contributed by atoms with van der Waals surface area (Å²) in [4.78, 5) is 0. The Morgan fingerprint density at radius 1 is 1.29 bits per heavy atom. The average Bonchev–Trinajstić information content (AvgIpc) is 2.32. The standard InChI is InChI=1S/C14H22FNS/c1-3-17-10-4-9-16-12(2)11-13-5-7-14(15)8-6-13/h5-8,12,16H,3-4,9-11H2,1-2H3. The minimum absolute atomic E-state index is 0.161. The normalized spacial score (nSPS) is 12.6. The SMILES string of the molecule is CCSCCCNC(C)Cc1ccc(F)cc1. The lowest BCUT2D eigenvalue weighted by atomic mass is 10.1. The van der Waals surface area contributed by atoms with Crippen LogP contribution in [0.3, 0.4) is 0 Å². The molecule has 1 rings (SSSR count). The van der Waals surface area contributed by atoms with E-state index in [9.17, 15) is 4.39 Å². The zero-order chi connectivity index (χ0) is 12.5. The van der Waals surface area contributed by atoms with Gasteiger partial charge in [-0.3, -0.25) is 0 Å². The average molecular weight is 255 g/mol. The molecule has 0 saturated carbocycles. The van der Waals surface area contributed by atoms with E-state index >= 15 is 0 Å². The molecule has 1 unspecified atom stereocenters. The molecule has 17 heavy (non-hydrogen) atoms. The van der Waals surface area contributed by atoms with Crippen molar-refractivity contribution in [3.05, 3.63) is 35.6 Å². The number of halogens is 1. The van der Waals surface area contributed by atoms with Gasteiger partial charge in [0.2, 0.25) is 0 Å². The van der Waals surface area contributed by atoms with Crippen molar-refractivity contribution in [2.24, 2.45) is 0 Å². The largest absolute Gasteiger partial charge is 0.314 e. The molecule has 1 aromatic carbocycles. The van der Waals surface area contributed by atoms with Crippen LogP contribution in [0.4, 0.5) is 4.39 Å². The van der Waals surface area contributed by atoms with Crippen LogP contribution in [0.15, 0.2) is 24.3 Å². The zero-order valence-corrected chi connectivity index (χ0v) is 11.5. The topological polar surface area (TPSA) is 12.0 Å². The smallest absolute Gasteiger partial charge is 0.123 e. The Morgan fingerprint density at radius 3 is 2.65 bits per heavy atom. The van der Waals surface area contributed by atoms with Gasteiger partial charge in [-0.05, 0) is 55.5 Å². The maximum Gasteiger partial charge on any atom is 0.123 e. The molecule has 0 heterocycles. The van der Waals surface area contributed by atoms with Crippen LogP contribution < -0.4 is 5.32 Å². The highest BCUT2D eigenvalue weighted by Gasteiger charge is 2.02. The molecule has 0 amide bonds. The first-order valence-corrected chi connectivity index (χ1v) is 7.43. The van der Waals surface area contributed by atoms with E-state index in [1.165, 1.54) is 35.6 Å². The molecule has 1 nitrogen and oxygen atoms in total. The molecule has 0 aliphatic heterocycles. The highest BCUT2D eigenvalue weighted by atomic mass is 32.2. The van der Waals surface area contributed by atoms with Crippen LogP contribution in [0.1, 0.15) is 25.8 Å². The molecule has 96 valence electrons. The van der Waals surface area contributed by atoms with Crippen molar-refractivity contribution in [2.75, 3.05) is 18.1 Å². The summed E-state index contributed by atoms with van der Waals surface area (Å²) in [6.07, 6.45) is 2.17. The number of hydrogen-bond donors (Lipinski definition) is 1. The molecular formula is C14H22FNS. The first kappa shape index (κ1) is 14.5. The van der Waals surface area contributed by atoms with Crippen LogP contribution in [0.25, 0.3) is 0 Å². The number of hydrogen-bond acceptors (Lipinski definition) is 2. The maximum absolute atomic E-state index is 12.7. The van der Waals surface area contributed by atoms with Crippen molar-refractivity contribution in [1.82, 2.24) is 5.32 Å². The highest BCUT2D eigenvalue weighted by Crippen LogP contribution is 2.06. The molecule has 0 aliphatic rings. The van der Waals surface area contributed by atoms with Crippen LogP contribution in [0, 0.1) is 5.82 Å². The molecule has 0 bridgehead atoms. The third-order valence-electron chi connectivity index (χ3n) is 2.62. The van der Waals surface area contributed by atoms with E-state index in [-0.39, 0.29) is 5.82 Å². The van der Waals surface area contributed by atoms with E-state index < -0.39 is 0 Å². The van der Waals surface area contributed by atoms with Gasteiger partial charge in [0.25, 0.3) is 0 Å². The van der Waals surface area contributed by atoms with E-state index in [0.29, 0.717) is 6.04 Å². The van der Waals surface area contributed by atoms with Gasteiger partial charge in [-0.2, -0.15) is 11.8 Å². The van der Waals surface area contributed by atoms with Crippen LogP contribution >= 0.6 is 11.8 Å². The van der Waals surface area contributed by atoms with Gasteiger partial charge in [-0.15, -0.1) is 0 Å². The minimum atomic E-state index is -0.161. The number of benzene rings is 1. The lowest BCUT2D eigenvalue weighted by molar-refractivity contribution is 0.544. The van der Waals surface area contributed by atoms with Gasteiger partial charge in [0, 0.05) is 6.04 Å². The van der Waals surface area contributed by atoms with E-state index in [2.05, 4.69) is 19.2 Å². The van der Waals surface area contributed by atoms with Gasteiger partial charge in [-0.25, -0.2) is 4.39 Å². The van der Waals surface area contributed by atoms with Gasteiger partial charge in [0.15, 0.2) is 0 Å². The first-order valence-electron chi connectivity index (χ1n) is 6.28. The predicted molar refractivity (Wildman–Crippen MR) is 75.2 cm³/mol. The Bertz CT molecular complexity index is 300. The molecular weight excluding hydrogens is 233 g/mol. The molecule has 3 heteroatoms. The van der Waals surface area contributed by atoms with Crippen molar-refractivity contribution in [3.63, 3.8) is 0 Å². The molecule has 0 saturated heterocycles. The first-order chi connectivity index (χ1) is 8.22. The Labute approximate surface area is 108 Å². The van der Waals surface area contributed by atoms with Crippen molar-refractivity contribution < 1.29 is 4.39 Å². The molecule has 0 aromatic heterocycles. The molecule has 0 aliphatic carbocycles. The van der Waals surface area contributed by atoms with E-state index in [1.54, 1.807) is 0 Å². The molecule has 1 atom stereocenters. The van der Waals surface area contributed by atoms with E-state index in [4.69, 9.17) is 0 Å². The van der Waals surface area contributed by atoms with Crippen molar-refractivity contribution in [3.8, 4) is 0 Å². The number of thioether (sulfide) groups is 1. The molecule has 0 spiro atoms. The fourth-order valence-electron chi connectivity index (χ4n) is 1.71. The summed E-state index contributed by atoms with van der Waals surface area (Å²) in [7, 11) is 0. The van der Waals surface area contributed by atoms with Crippen LogP contribution in [0.5, 0.6) is 0 Å². The number of rotatable bonds is 8. The van der Waals surface area contributed by atoms with Gasteiger partial charge in [0.1, 0.15) is 5.82 Å². The van der Waals surface area contributed by atoms with Crippen molar-refractivity contribution in [1.29, 1.82) is 0 Å². The van der Waals surface area contributed by atoms with Gasteiger partial charge in [-0.1, -0.05) is 19.1 Å². The second-order valence-electron chi connectivity index (χ2n) is 4.24. The summed E-state index contributed by atoms with van der Waals surface area (Å²) in [6, 6.07) is 7.23. The lowest BCUT2D eigenvalue weighted by Crippen LogP contribution is -2.29. The summed E-state index contributed by atoms with van der Waals surface area (Å²) in [5.41, 5.74) is 1.19. The zero-order valence-electron chi connectivity index (χ0n) is 10.7. The third-order valence-corrected chi connectivity index (χ3v) is 3.60. The Kier molecular flexibility index (Phi) is 7.29. The second kappa shape index (κ2) is 8.54. The van der Waals surface area contributed by atoms with Gasteiger partial charge >= 0.3 is 0 Å². The molecule has 1 N–H and O–H groups in total. The predicted octanol–water partition coefficient (Wildman–Crippen LogP) is 3.49. The van der Waals surface area contributed by atoms with Crippen molar-refractivity contribution in [2.45, 2.75) is 32.7 Å². The monoisotopic (exact) mass is 255 g/mol. The summed E-state index contributed by atoms with van der Waals surface area (Å²) >= 11 is 1.98. The maximum atomic E-state index is 12.7. The van der Waals surface area contributed by atoms with Crippen molar-refractivity contribution >= 4 is 11.8 Å². The third kappa shape index (κ3) is 6.69. The Morgan fingerprint density at radius 2 is 2.00 bits per heavy atom. The van der Waals surface area contributed by atoms with Gasteiger partial charge in [0.05, 0.1) is 0 Å². The molecule has 0 fully saturated rings. The lowest BCUT2D eigenvalue weighted by Gasteiger charge is -2.13. The highest BCUT2D eigenvalue weighted by molar-refractivity contribution is 7.99. The molecule has 0 radical (unpaired) electrons. The number of nitrogens with one attached hydrogen (secondary N) is 1. The summed E-state index contributed by atoms with van der Waals surface area (Å²) < 4.78 is 12.7. The quantitative estimate of drug-likeness (QED) is 0.714. The Hall–Kier alpha value is -0.540. The Balaban J connectivity index is 2.16. The van der Waals surface area contributed by atoms with Gasteiger partial charge < -0.3 is 5.32 Å². The fourth-order valence-corrected chi connectivity index (χ4v) is 2.35. The summed E-state index contributed by atoms with van der Waals surface area (Å²) in [5.74, 6) is 2.27. The van der Waals surface area contributed by atoms with Crippen LogP contribution in [0.2, 0.25) is 0 Å². The summed E-state index contributed by atoms with van der Waals surface area (Å²) in [5, 5.41) is 3.50. The minimum Gasteiger partial charge on any atom is -0.314 e. The van der Waals surface area contributed by atoms with Crippen LogP contribution in [-0.4, -0.2) is 24.1 Å². The van der Waals surface area contributed by atoms with Crippen LogP contribution in [-0.2, 0) is 6.42 Å². The van der Waals surface area contributed by atoms with E-state index in [0.717, 1.165) is 13.0 Å².